The maximum atomic E-state index is 12.0. The third-order valence-corrected chi connectivity index (χ3v) is 3.58. The van der Waals surface area contributed by atoms with Crippen LogP contribution in [0.4, 0.5) is 0 Å². The van der Waals surface area contributed by atoms with Crippen molar-refractivity contribution in [3.8, 4) is 0 Å². The number of hydrogen-bond donors (Lipinski definition) is 2. The number of carbonyl (C=O) groups is 2. The average Bonchev–Trinajstić information content (AvgIpc) is 2.84. The molecule has 0 aromatic carbocycles. The van der Waals surface area contributed by atoms with Crippen LogP contribution in [0.3, 0.4) is 0 Å². The fourth-order valence-electron chi connectivity index (χ4n) is 2.23. The van der Waals surface area contributed by atoms with Gasteiger partial charge in [0.05, 0.1) is 0 Å². The standard InChI is InChI=1S/C15H24N4O3/c1-15(2,3)14-18-12(22-19-14)8-7-11(20)17-10-6-4-5-9-16-13(10)21/h10H,4-9H2,1-3H3,(H,16,21)(H,17,20)/t10-/m1/s1. The SMILES string of the molecule is CC(C)(C)c1noc(CCC(=O)N[C@@H]2CCCCNC2=O)n1. The monoisotopic (exact) mass is 308 g/mol. The fraction of sp³-hybridized carbons (Fsp3) is 0.733. The summed E-state index contributed by atoms with van der Waals surface area (Å²) in [5, 5.41) is 9.50. The maximum Gasteiger partial charge on any atom is 0.242 e. The van der Waals surface area contributed by atoms with Crippen molar-refractivity contribution in [2.24, 2.45) is 0 Å². The van der Waals surface area contributed by atoms with Crippen molar-refractivity contribution in [2.75, 3.05) is 6.54 Å². The zero-order valence-corrected chi connectivity index (χ0v) is 13.4. The molecule has 0 spiro atoms. The topological polar surface area (TPSA) is 97.1 Å². The predicted molar refractivity (Wildman–Crippen MR) is 80.1 cm³/mol. The number of nitrogens with one attached hydrogen (secondary N) is 2. The summed E-state index contributed by atoms with van der Waals surface area (Å²) in [6.07, 6.45) is 3.18. The summed E-state index contributed by atoms with van der Waals surface area (Å²) in [7, 11) is 0. The minimum atomic E-state index is -0.428. The van der Waals surface area contributed by atoms with Gasteiger partial charge in [0.2, 0.25) is 17.7 Å². The van der Waals surface area contributed by atoms with Crippen LogP contribution in [0.15, 0.2) is 4.52 Å². The van der Waals surface area contributed by atoms with E-state index in [-0.39, 0.29) is 23.7 Å². The Bertz CT molecular complexity index is 533. The molecule has 2 heterocycles. The van der Waals surface area contributed by atoms with Gasteiger partial charge < -0.3 is 15.2 Å². The van der Waals surface area contributed by atoms with Gasteiger partial charge in [-0.3, -0.25) is 9.59 Å². The first kappa shape index (κ1) is 16.5. The van der Waals surface area contributed by atoms with Gasteiger partial charge in [0, 0.05) is 24.8 Å². The lowest BCUT2D eigenvalue weighted by Gasteiger charge is -2.14. The molecule has 1 fully saturated rings. The molecule has 1 aromatic rings. The minimum absolute atomic E-state index is 0.0985. The van der Waals surface area contributed by atoms with E-state index >= 15 is 0 Å². The smallest absolute Gasteiger partial charge is 0.242 e. The second-order valence-electron chi connectivity index (χ2n) is 6.67. The van der Waals surface area contributed by atoms with E-state index < -0.39 is 6.04 Å². The Labute approximate surface area is 130 Å². The maximum absolute atomic E-state index is 12.0. The van der Waals surface area contributed by atoms with Gasteiger partial charge in [-0.2, -0.15) is 4.98 Å². The van der Waals surface area contributed by atoms with Crippen LogP contribution in [-0.2, 0) is 21.4 Å². The van der Waals surface area contributed by atoms with E-state index in [4.69, 9.17) is 4.52 Å². The zero-order valence-electron chi connectivity index (χ0n) is 13.4. The Balaban J connectivity index is 1.82. The van der Waals surface area contributed by atoms with Crippen molar-refractivity contribution in [1.29, 1.82) is 0 Å². The number of carbonyl (C=O) groups excluding carboxylic acids is 2. The second-order valence-corrected chi connectivity index (χ2v) is 6.67. The van der Waals surface area contributed by atoms with Gasteiger partial charge in [0.25, 0.3) is 0 Å². The lowest BCUT2D eigenvalue weighted by Crippen LogP contribution is -2.45. The number of rotatable bonds is 4. The summed E-state index contributed by atoms with van der Waals surface area (Å²) in [6, 6.07) is -0.428. The summed E-state index contributed by atoms with van der Waals surface area (Å²) >= 11 is 0. The molecule has 122 valence electrons. The molecule has 0 unspecified atom stereocenters. The molecule has 0 aliphatic carbocycles. The Hall–Kier alpha value is -1.92. The summed E-state index contributed by atoms with van der Waals surface area (Å²) in [5.74, 6) is 0.813. The highest BCUT2D eigenvalue weighted by molar-refractivity contribution is 5.87. The molecule has 0 bridgehead atoms. The summed E-state index contributed by atoms with van der Waals surface area (Å²) in [6.45, 7) is 6.68. The highest BCUT2D eigenvalue weighted by Gasteiger charge is 2.23. The van der Waals surface area contributed by atoms with Crippen molar-refractivity contribution in [3.63, 3.8) is 0 Å². The second kappa shape index (κ2) is 6.89. The largest absolute Gasteiger partial charge is 0.354 e. The van der Waals surface area contributed by atoms with Gasteiger partial charge >= 0.3 is 0 Å². The van der Waals surface area contributed by atoms with Gasteiger partial charge in [-0.1, -0.05) is 25.9 Å². The van der Waals surface area contributed by atoms with Gasteiger partial charge in [0.1, 0.15) is 6.04 Å². The van der Waals surface area contributed by atoms with Crippen molar-refractivity contribution < 1.29 is 14.1 Å². The van der Waals surface area contributed by atoms with E-state index in [1.54, 1.807) is 0 Å². The van der Waals surface area contributed by atoms with E-state index in [9.17, 15) is 9.59 Å². The predicted octanol–water partition coefficient (Wildman–Crippen LogP) is 1.08. The molecule has 1 saturated heterocycles. The molecule has 1 aliphatic heterocycles. The van der Waals surface area contributed by atoms with Crippen LogP contribution in [0.1, 0.15) is 58.2 Å². The van der Waals surface area contributed by atoms with E-state index in [1.807, 2.05) is 20.8 Å². The van der Waals surface area contributed by atoms with Crippen molar-refractivity contribution in [3.05, 3.63) is 11.7 Å². The highest BCUT2D eigenvalue weighted by Crippen LogP contribution is 2.18. The molecule has 1 aromatic heterocycles. The molecule has 2 N–H and O–H groups in total. The molecule has 2 rings (SSSR count). The molecule has 0 radical (unpaired) electrons. The molecular formula is C15H24N4O3. The Morgan fingerprint density at radius 3 is 2.86 bits per heavy atom. The molecule has 1 atom stereocenters. The summed E-state index contributed by atoms with van der Waals surface area (Å²) in [5.41, 5.74) is -0.178. The molecule has 22 heavy (non-hydrogen) atoms. The van der Waals surface area contributed by atoms with E-state index in [0.29, 0.717) is 31.1 Å². The normalized spacial score (nSPS) is 19.4. The van der Waals surface area contributed by atoms with Crippen LogP contribution >= 0.6 is 0 Å². The minimum Gasteiger partial charge on any atom is -0.354 e. The number of aryl methyl sites for hydroxylation is 1. The Kier molecular flexibility index (Phi) is 5.15. The van der Waals surface area contributed by atoms with E-state index in [0.717, 1.165) is 12.8 Å². The number of aromatic nitrogens is 2. The molecule has 2 amide bonds. The van der Waals surface area contributed by atoms with Crippen LogP contribution in [0, 0.1) is 0 Å². The number of amides is 2. The van der Waals surface area contributed by atoms with Crippen molar-refractivity contribution in [2.45, 2.75) is 64.3 Å². The van der Waals surface area contributed by atoms with Gasteiger partial charge in [0.15, 0.2) is 5.82 Å². The van der Waals surface area contributed by atoms with E-state index in [2.05, 4.69) is 20.8 Å². The van der Waals surface area contributed by atoms with Crippen LogP contribution < -0.4 is 10.6 Å². The number of hydrogen-bond acceptors (Lipinski definition) is 5. The van der Waals surface area contributed by atoms with Crippen LogP contribution in [0.25, 0.3) is 0 Å². The molecule has 1 aliphatic rings. The van der Waals surface area contributed by atoms with Crippen molar-refractivity contribution in [1.82, 2.24) is 20.8 Å². The summed E-state index contributed by atoms with van der Waals surface area (Å²) in [4.78, 5) is 28.0. The Morgan fingerprint density at radius 2 is 2.18 bits per heavy atom. The van der Waals surface area contributed by atoms with Crippen LogP contribution in [-0.4, -0.2) is 34.5 Å². The molecule has 7 heteroatoms. The lowest BCUT2D eigenvalue weighted by atomic mass is 9.96. The quantitative estimate of drug-likeness (QED) is 0.867. The van der Waals surface area contributed by atoms with Gasteiger partial charge in [-0.25, -0.2) is 0 Å². The first-order valence-corrected chi connectivity index (χ1v) is 7.76. The highest BCUT2D eigenvalue weighted by atomic mass is 16.5. The van der Waals surface area contributed by atoms with Gasteiger partial charge in [-0.05, 0) is 19.3 Å². The zero-order chi connectivity index (χ0) is 16.2. The number of nitrogens with zero attached hydrogens (tertiary/aromatic N) is 2. The van der Waals surface area contributed by atoms with E-state index in [1.165, 1.54) is 0 Å². The fourth-order valence-corrected chi connectivity index (χ4v) is 2.23. The first-order chi connectivity index (χ1) is 10.4. The van der Waals surface area contributed by atoms with Gasteiger partial charge in [-0.15, -0.1) is 0 Å². The molecule has 0 saturated carbocycles. The molecule has 7 nitrogen and oxygen atoms in total. The van der Waals surface area contributed by atoms with Crippen LogP contribution in [0.5, 0.6) is 0 Å². The summed E-state index contributed by atoms with van der Waals surface area (Å²) < 4.78 is 5.15. The lowest BCUT2D eigenvalue weighted by molar-refractivity contribution is -0.128. The Morgan fingerprint density at radius 1 is 1.41 bits per heavy atom. The first-order valence-electron chi connectivity index (χ1n) is 7.76. The van der Waals surface area contributed by atoms with Crippen molar-refractivity contribution >= 4 is 11.8 Å². The molecular weight excluding hydrogens is 284 g/mol. The average molecular weight is 308 g/mol. The van der Waals surface area contributed by atoms with Crippen LogP contribution in [0.2, 0.25) is 0 Å². The third-order valence-electron chi connectivity index (χ3n) is 3.58. The third kappa shape index (κ3) is 4.54.